The van der Waals surface area contributed by atoms with Crippen molar-refractivity contribution in [2.75, 3.05) is 13.1 Å². The van der Waals surface area contributed by atoms with Crippen molar-refractivity contribution < 1.29 is 4.79 Å². The Morgan fingerprint density at radius 2 is 2.38 bits per heavy atom. The van der Waals surface area contributed by atoms with Crippen LogP contribution in [-0.2, 0) is 0 Å². The highest BCUT2D eigenvalue weighted by atomic mass is 32.1. The smallest absolute Gasteiger partial charge is 0.337 e. The average Bonchev–Trinajstić information content (AvgIpc) is 3.00. The van der Waals surface area contributed by atoms with Gasteiger partial charge < -0.3 is 9.88 Å². The highest BCUT2D eigenvalue weighted by molar-refractivity contribution is 7.13. The zero-order valence-electron chi connectivity index (χ0n) is 11.8. The number of nitrogens with zero attached hydrogens (tertiary/aromatic N) is 2. The van der Waals surface area contributed by atoms with Gasteiger partial charge in [0.1, 0.15) is 5.69 Å². The summed E-state index contributed by atoms with van der Waals surface area (Å²) in [6.45, 7) is 3.62. The van der Waals surface area contributed by atoms with E-state index in [0.717, 1.165) is 30.8 Å². The number of piperidine rings is 1. The van der Waals surface area contributed by atoms with Gasteiger partial charge in [-0.3, -0.25) is 4.79 Å². The maximum absolute atomic E-state index is 12.5. The molecule has 1 unspecified atom stereocenters. The van der Waals surface area contributed by atoms with Gasteiger partial charge in [0.15, 0.2) is 0 Å². The first kappa shape index (κ1) is 14.0. The van der Waals surface area contributed by atoms with Crippen LogP contribution in [0.3, 0.4) is 0 Å². The first-order valence-electron chi connectivity index (χ1n) is 7.08. The van der Waals surface area contributed by atoms with E-state index in [1.807, 2.05) is 17.5 Å². The van der Waals surface area contributed by atoms with Crippen molar-refractivity contribution in [3.63, 3.8) is 0 Å². The number of carbonyl (C=O) groups excluding carboxylic acids is 1. The second-order valence-electron chi connectivity index (χ2n) is 5.46. The molecule has 0 spiro atoms. The van der Waals surface area contributed by atoms with Crippen LogP contribution >= 0.6 is 11.3 Å². The molecule has 110 valence electrons. The summed E-state index contributed by atoms with van der Waals surface area (Å²) < 4.78 is 0. The molecule has 1 atom stereocenters. The van der Waals surface area contributed by atoms with E-state index in [4.69, 9.17) is 0 Å². The lowest BCUT2D eigenvalue weighted by Crippen LogP contribution is -2.40. The molecular formula is C15H17N3O2S. The number of thiophene rings is 1. The summed E-state index contributed by atoms with van der Waals surface area (Å²) in [4.78, 5) is 33.5. The van der Waals surface area contributed by atoms with Crippen LogP contribution in [0.1, 0.15) is 30.3 Å². The number of nitrogens with one attached hydrogen (secondary N) is 1. The molecule has 0 aliphatic carbocycles. The van der Waals surface area contributed by atoms with Crippen LogP contribution in [-0.4, -0.2) is 33.9 Å². The quantitative estimate of drug-likeness (QED) is 0.926. The summed E-state index contributed by atoms with van der Waals surface area (Å²) in [7, 11) is 0. The van der Waals surface area contributed by atoms with E-state index in [9.17, 15) is 9.59 Å². The van der Waals surface area contributed by atoms with Gasteiger partial charge in [-0.15, -0.1) is 11.3 Å². The highest BCUT2D eigenvalue weighted by Gasteiger charge is 2.23. The number of rotatable bonds is 2. The maximum atomic E-state index is 12.5. The van der Waals surface area contributed by atoms with E-state index < -0.39 is 5.69 Å². The monoisotopic (exact) mass is 303 g/mol. The minimum Gasteiger partial charge on any atom is -0.337 e. The lowest BCUT2D eigenvalue weighted by Gasteiger charge is -2.30. The van der Waals surface area contributed by atoms with Gasteiger partial charge in [0, 0.05) is 13.1 Å². The summed E-state index contributed by atoms with van der Waals surface area (Å²) in [5.74, 6) is 0.354. The summed E-state index contributed by atoms with van der Waals surface area (Å²) in [6.07, 6.45) is 2.15. The van der Waals surface area contributed by atoms with Gasteiger partial charge in [-0.25, -0.2) is 4.79 Å². The Bertz CT molecular complexity index is 693. The average molecular weight is 303 g/mol. The molecule has 2 aromatic heterocycles. The molecule has 0 aromatic carbocycles. The van der Waals surface area contributed by atoms with E-state index in [2.05, 4.69) is 16.9 Å². The predicted octanol–water partition coefficient (Wildman–Crippen LogP) is 2.37. The minimum atomic E-state index is -0.477. The van der Waals surface area contributed by atoms with E-state index in [1.165, 1.54) is 11.3 Å². The first-order valence-corrected chi connectivity index (χ1v) is 7.96. The molecule has 3 heterocycles. The standard InChI is InChI=1S/C15H17N3O2S/c1-10-4-2-6-18(9-10)14(19)12-8-11(16-15(20)17-12)13-5-3-7-21-13/h3,5,7-8,10H,2,4,6,9H2,1H3,(H,16,17,20). The van der Waals surface area contributed by atoms with Gasteiger partial charge in [0.05, 0.1) is 10.6 Å². The molecule has 0 saturated carbocycles. The SMILES string of the molecule is CC1CCCN(C(=O)c2cc(-c3cccs3)[nH]c(=O)n2)C1. The molecule has 1 amide bonds. The summed E-state index contributed by atoms with van der Waals surface area (Å²) >= 11 is 1.52. The Hall–Kier alpha value is -1.95. The largest absolute Gasteiger partial charge is 0.346 e. The van der Waals surface area contributed by atoms with Gasteiger partial charge in [0.25, 0.3) is 5.91 Å². The van der Waals surface area contributed by atoms with Crippen LogP contribution < -0.4 is 5.69 Å². The molecule has 21 heavy (non-hydrogen) atoms. The molecule has 1 saturated heterocycles. The third kappa shape index (κ3) is 3.05. The van der Waals surface area contributed by atoms with Gasteiger partial charge in [-0.2, -0.15) is 4.98 Å². The van der Waals surface area contributed by atoms with Crippen molar-refractivity contribution >= 4 is 17.2 Å². The number of hydrogen-bond donors (Lipinski definition) is 1. The maximum Gasteiger partial charge on any atom is 0.346 e. The Balaban J connectivity index is 1.91. The molecule has 2 aromatic rings. The van der Waals surface area contributed by atoms with Crippen LogP contribution in [0, 0.1) is 5.92 Å². The molecule has 5 nitrogen and oxygen atoms in total. The number of H-pyrrole nitrogens is 1. The lowest BCUT2D eigenvalue weighted by atomic mass is 10.00. The Kier molecular flexibility index (Phi) is 3.88. The topological polar surface area (TPSA) is 66.1 Å². The van der Waals surface area contributed by atoms with Crippen LogP contribution in [0.4, 0.5) is 0 Å². The molecule has 1 fully saturated rings. The minimum absolute atomic E-state index is 0.148. The first-order chi connectivity index (χ1) is 10.1. The Morgan fingerprint density at radius 1 is 1.52 bits per heavy atom. The number of likely N-dealkylation sites (tertiary alicyclic amines) is 1. The zero-order valence-corrected chi connectivity index (χ0v) is 12.7. The molecule has 0 radical (unpaired) electrons. The van der Waals surface area contributed by atoms with E-state index in [1.54, 1.807) is 11.0 Å². The van der Waals surface area contributed by atoms with Crippen LogP contribution in [0.2, 0.25) is 0 Å². The third-order valence-corrected chi connectivity index (χ3v) is 4.60. The summed E-state index contributed by atoms with van der Waals surface area (Å²) in [5, 5.41) is 1.93. The third-order valence-electron chi connectivity index (χ3n) is 3.69. The Morgan fingerprint density at radius 3 is 3.10 bits per heavy atom. The fraction of sp³-hybridized carbons (Fsp3) is 0.400. The van der Waals surface area contributed by atoms with Gasteiger partial charge in [0.2, 0.25) is 0 Å². The molecular weight excluding hydrogens is 286 g/mol. The fourth-order valence-corrected chi connectivity index (χ4v) is 3.37. The highest BCUT2D eigenvalue weighted by Crippen LogP contribution is 2.23. The molecule has 1 aliphatic heterocycles. The van der Waals surface area contributed by atoms with Crippen molar-refractivity contribution in [3.8, 4) is 10.6 Å². The van der Waals surface area contributed by atoms with Crippen LogP contribution in [0.25, 0.3) is 10.6 Å². The van der Waals surface area contributed by atoms with Crippen molar-refractivity contribution in [1.82, 2.24) is 14.9 Å². The molecule has 6 heteroatoms. The van der Waals surface area contributed by atoms with Gasteiger partial charge >= 0.3 is 5.69 Å². The number of aromatic nitrogens is 2. The van der Waals surface area contributed by atoms with Gasteiger partial charge in [-0.1, -0.05) is 13.0 Å². The fourth-order valence-electron chi connectivity index (χ4n) is 2.67. The van der Waals surface area contributed by atoms with Crippen molar-refractivity contribution in [2.24, 2.45) is 5.92 Å². The van der Waals surface area contributed by atoms with Crippen molar-refractivity contribution in [1.29, 1.82) is 0 Å². The van der Waals surface area contributed by atoms with Crippen molar-refractivity contribution in [2.45, 2.75) is 19.8 Å². The normalized spacial score (nSPS) is 18.7. The predicted molar refractivity (Wildman–Crippen MR) is 82.5 cm³/mol. The number of aromatic amines is 1. The van der Waals surface area contributed by atoms with E-state index in [0.29, 0.717) is 11.6 Å². The molecule has 0 bridgehead atoms. The summed E-state index contributed by atoms with van der Waals surface area (Å²) in [6, 6.07) is 5.49. The molecule has 1 N–H and O–H groups in total. The number of hydrogen-bond acceptors (Lipinski definition) is 4. The van der Waals surface area contributed by atoms with E-state index >= 15 is 0 Å². The zero-order chi connectivity index (χ0) is 14.8. The number of amides is 1. The summed E-state index contributed by atoms with van der Waals surface area (Å²) in [5.41, 5.74) is 0.406. The van der Waals surface area contributed by atoms with Crippen LogP contribution in [0.15, 0.2) is 28.4 Å². The second-order valence-corrected chi connectivity index (χ2v) is 6.41. The van der Waals surface area contributed by atoms with Gasteiger partial charge in [-0.05, 0) is 36.3 Å². The number of carbonyl (C=O) groups is 1. The van der Waals surface area contributed by atoms with E-state index in [-0.39, 0.29) is 11.6 Å². The van der Waals surface area contributed by atoms with Crippen molar-refractivity contribution in [3.05, 3.63) is 39.8 Å². The Labute approximate surface area is 126 Å². The molecule has 3 rings (SSSR count). The molecule has 1 aliphatic rings. The lowest BCUT2D eigenvalue weighted by molar-refractivity contribution is 0.0676. The van der Waals surface area contributed by atoms with Crippen LogP contribution in [0.5, 0.6) is 0 Å². The second kappa shape index (κ2) is 5.81.